The number of unbranched alkanes of at least 4 members (excludes halogenated alkanes) is 1. The number of ether oxygens (including phenoxy) is 1. The number of benzene rings is 2. The van der Waals surface area contributed by atoms with Crippen molar-refractivity contribution < 1.29 is 28.2 Å². The molecule has 0 saturated heterocycles. The molecule has 1 aliphatic heterocycles. The molecule has 1 atom stereocenters. The Bertz CT molecular complexity index is 1590. The summed E-state index contributed by atoms with van der Waals surface area (Å²) in [5, 5.41) is 17.5. The van der Waals surface area contributed by atoms with Crippen LogP contribution in [-0.4, -0.2) is 64.7 Å². The summed E-state index contributed by atoms with van der Waals surface area (Å²) in [5.74, 6) is 0.368. The second-order valence-electron chi connectivity index (χ2n) is 11.5. The predicted molar refractivity (Wildman–Crippen MR) is 172 cm³/mol. The third-order valence-corrected chi connectivity index (χ3v) is 8.06. The number of halogens is 2. The Morgan fingerprint density at radius 3 is 2.65 bits per heavy atom. The summed E-state index contributed by atoms with van der Waals surface area (Å²) in [7, 11) is 0. The van der Waals surface area contributed by atoms with Gasteiger partial charge in [-0.2, -0.15) is 0 Å². The number of aryl methyl sites for hydroxylation is 2. The summed E-state index contributed by atoms with van der Waals surface area (Å²) in [6, 6.07) is 17.7. The van der Waals surface area contributed by atoms with Gasteiger partial charge in [0.05, 0.1) is 5.56 Å². The van der Waals surface area contributed by atoms with E-state index in [0.29, 0.717) is 31.2 Å². The lowest BCUT2D eigenvalue weighted by atomic mass is 10.1. The molecule has 0 saturated carbocycles. The lowest BCUT2D eigenvalue weighted by molar-refractivity contribution is -0.886. The molecule has 2 aromatic heterocycles. The van der Waals surface area contributed by atoms with Crippen molar-refractivity contribution in [3.8, 4) is 17.1 Å². The third-order valence-electron chi connectivity index (χ3n) is 8.06. The van der Waals surface area contributed by atoms with E-state index in [9.17, 15) is 18.8 Å². The Hall–Kier alpha value is -4.64. The Balaban J connectivity index is 1.20. The van der Waals surface area contributed by atoms with Crippen LogP contribution in [0.3, 0.4) is 0 Å². The normalized spacial score (nSPS) is 13.1. The summed E-state index contributed by atoms with van der Waals surface area (Å²) in [6.45, 7) is 4.48. The monoisotopic (exact) mass is 631 g/mol. The zero-order chi connectivity index (χ0) is 32.3. The summed E-state index contributed by atoms with van der Waals surface area (Å²) in [6.07, 6.45) is 6.89. The fourth-order valence-corrected chi connectivity index (χ4v) is 5.57. The summed E-state index contributed by atoms with van der Waals surface area (Å²) >= 11 is 0. The highest BCUT2D eigenvalue weighted by Crippen LogP contribution is 2.21. The summed E-state index contributed by atoms with van der Waals surface area (Å²) in [5.41, 5.74) is 3.06. The number of Topliss-reactive ketones (excluding diaryl/α,β-unsaturated/α-hetero) is 1. The number of fused-ring (bicyclic) bond motifs is 1. The molecule has 0 amide bonds. The smallest absolute Gasteiger partial charge is 0.307 e. The molecular formula is C35H41F2N6O3+. The van der Waals surface area contributed by atoms with E-state index in [1.807, 2.05) is 30.3 Å². The van der Waals surface area contributed by atoms with Gasteiger partial charge in [-0.25, -0.2) is 13.8 Å². The van der Waals surface area contributed by atoms with Gasteiger partial charge in [0.25, 0.3) is 5.82 Å². The first-order valence-electron chi connectivity index (χ1n) is 15.8. The Labute approximate surface area is 268 Å². The minimum absolute atomic E-state index is 0.0726. The first kappa shape index (κ1) is 32.7. The lowest BCUT2D eigenvalue weighted by Crippen LogP contribution is -2.42. The van der Waals surface area contributed by atoms with Crippen LogP contribution in [0, 0.1) is 11.6 Å². The number of pyridine rings is 1. The Morgan fingerprint density at radius 1 is 1.07 bits per heavy atom. The van der Waals surface area contributed by atoms with Crippen LogP contribution in [0.25, 0.3) is 11.4 Å². The molecule has 1 aliphatic rings. The molecule has 0 spiro atoms. The molecule has 0 unspecified atom stereocenters. The zero-order valence-electron chi connectivity index (χ0n) is 26.1. The Kier molecular flexibility index (Phi) is 11.4. The topological polar surface area (TPSA) is 103 Å². The molecule has 5 rings (SSSR count). The van der Waals surface area contributed by atoms with Gasteiger partial charge in [0.1, 0.15) is 42.0 Å². The highest BCUT2D eigenvalue weighted by atomic mass is 19.1. The van der Waals surface area contributed by atoms with Gasteiger partial charge in [-0.1, -0.05) is 29.0 Å². The van der Waals surface area contributed by atoms with Gasteiger partial charge in [0.2, 0.25) is 0 Å². The van der Waals surface area contributed by atoms with E-state index in [1.165, 1.54) is 12.5 Å². The van der Waals surface area contributed by atoms with Gasteiger partial charge in [-0.15, -0.1) is 4.98 Å². The molecule has 3 N–H and O–H groups in total. The molecule has 242 valence electrons. The van der Waals surface area contributed by atoms with E-state index in [-0.39, 0.29) is 18.1 Å². The maximum Gasteiger partial charge on any atom is 0.307 e. The second-order valence-corrected chi connectivity index (χ2v) is 11.5. The van der Waals surface area contributed by atoms with Crippen LogP contribution in [-0.2, 0) is 17.6 Å². The van der Waals surface area contributed by atoms with E-state index in [2.05, 4.69) is 32.7 Å². The molecule has 9 nitrogen and oxygen atoms in total. The molecule has 0 bridgehead atoms. The van der Waals surface area contributed by atoms with Gasteiger partial charge in [-0.05, 0) is 69.3 Å². The summed E-state index contributed by atoms with van der Waals surface area (Å²) < 4.78 is 34.0. The van der Waals surface area contributed by atoms with Crippen LogP contribution >= 0.6 is 0 Å². The zero-order valence-corrected chi connectivity index (χ0v) is 26.1. The third kappa shape index (κ3) is 9.20. The average molecular weight is 632 g/mol. The van der Waals surface area contributed by atoms with Crippen LogP contribution in [0.15, 0.2) is 72.9 Å². The first-order chi connectivity index (χ1) is 22.4. The van der Waals surface area contributed by atoms with E-state index >= 15 is 0 Å². The van der Waals surface area contributed by atoms with Crippen molar-refractivity contribution >= 4 is 17.4 Å². The van der Waals surface area contributed by atoms with Crippen molar-refractivity contribution in [2.24, 2.45) is 0 Å². The van der Waals surface area contributed by atoms with E-state index in [1.54, 1.807) is 12.3 Å². The highest BCUT2D eigenvalue weighted by Gasteiger charge is 2.24. The van der Waals surface area contributed by atoms with Crippen molar-refractivity contribution in [3.63, 3.8) is 0 Å². The number of carbonyl (C=O) groups excluding carboxylic acids is 1. The number of aromatic nitrogens is 3. The average Bonchev–Trinajstić information content (AvgIpc) is 3.05. The molecule has 46 heavy (non-hydrogen) atoms. The second kappa shape index (κ2) is 16.1. The molecule has 2 aromatic carbocycles. The van der Waals surface area contributed by atoms with Crippen LogP contribution < -0.4 is 20.1 Å². The van der Waals surface area contributed by atoms with Crippen molar-refractivity contribution in [2.75, 3.05) is 43.4 Å². The lowest BCUT2D eigenvalue weighted by Gasteiger charge is -2.24. The van der Waals surface area contributed by atoms with Gasteiger partial charge in [0, 0.05) is 56.0 Å². The van der Waals surface area contributed by atoms with Crippen molar-refractivity contribution in [1.82, 2.24) is 14.9 Å². The van der Waals surface area contributed by atoms with Gasteiger partial charge in [0.15, 0.2) is 5.78 Å². The molecule has 3 heterocycles. The van der Waals surface area contributed by atoms with Crippen molar-refractivity contribution in [1.29, 1.82) is 0 Å². The number of hydrogen-bond acceptors (Lipinski definition) is 8. The van der Waals surface area contributed by atoms with Crippen LogP contribution in [0.1, 0.15) is 43.9 Å². The molecule has 0 radical (unpaired) electrons. The first-order valence-corrected chi connectivity index (χ1v) is 15.8. The number of nitrogens with one attached hydrogen (secondary N) is 2. The number of nitrogens with zero attached hydrogens (tertiary/aromatic N) is 4. The SMILES string of the molecule is CC(=O)[C@H](CCN(CCCCc1ccc2c(n1)NCCC2)CCOc1cc(F)cc(F)c1)Nc1ccnc(-c2ccccc2)[n+]1O. The molecule has 11 heteroatoms. The minimum Gasteiger partial charge on any atom is -0.492 e. The largest absolute Gasteiger partial charge is 0.492 e. The fourth-order valence-electron chi connectivity index (χ4n) is 5.57. The Morgan fingerprint density at radius 2 is 1.87 bits per heavy atom. The van der Waals surface area contributed by atoms with Crippen molar-refractivity contribution in [2.45, 2.75) is 51.5 Å². The van der Waals surface area contributed by atoms with Crippen LogP contribution in [0.2, 0.25) is 0 Å². The number of rotatable bonds is 16. The van der Waals surface area contributed by atoms with E-state index < -0.39 is 17.7 Å². The van der Waals surface area contributed by atoms with Gasteiger partial charge < -0.3 is 15.3 Å². The number of hydrogen-bond donors (Lipinski definition) is 3. The van der Waals surface area contributed by atoms with Gasteiger partial charge >= 0.3 is 5.82 Å². The number of ketones is 1. The summed E-state index contributed by atoms with van der Waals surface area (Å²) in [4.78, 5) is 24.0. The van der Waals surface area contributed by atoms with Crippen LogP contribution in [0.5, 0.6) is 5.75 Å². The minimum atomic E-state index is -0.694. The van der Waals surface area contributed by atoms with Gasteiger partial charge in [-0.3, -0.25) is 15.0 Å². The van der Waals surface area contributed by atoms with E-state index in [4.69, 9.17) is 9.72 Å². The quantitative estimate of drug-likeness (QED) is 0.0851. The number of carbonyl (C=O) groups is 1. The maximum atomic E-state index is 13.7. The molecule has 0 fully saturated rings. The highest BCUT2D eigenvalue weighted by molar-refractivity contribution is 5.83. The van der Waals surface area contributed by atoms with Crippen LogP contribution in [0.4, 0.5) is 20.4 Å². The fraction of sp³-hybridized carbons (Fsp3) is 0.371. The van der Waals surface area contributed by atoms with E-state index in [0.717, 1.165) is 85.2 Å². The predicted octanol–water partition coefficient (Wildman–Crippen LogP) is 5.47. The standard InChI is InChI=1S/C35H40F2N6O3/c1-25(44)32(41-33-14-17-39-35(43(33)45)27-8-3-2-4-9-27)15-19-42(20-21-46-31-23-28(36)22-29(37)24-31)18-6-5-11-30-13-12-26-10-7-16-38-34(26)40-30/h2-4,8-9,12-14,17,22-24,32,45H,5-7,10-11,15-16,18-21H2,1H3,(H,38,40)/p+1/t32-/m0/s1. The molecule has 0 aliphatic carbocycles. The number of anilines is 2. The van der Waals surface area contributed by atoms with Crippen molar-refractivity contribution in [3.05, 3.63) is 95.8 Å². The maximum absolute atomic E-state index is 13.7. The molecule has 4 aromatic rings. The molecular weight excluding hydrogens is 590 g/mol.